The normalized spacial score (nSPS) is 24.8. The molecule has 3 nitrogen and oxygen atoms in total. The summed E-state index contributed by atoms with van der Waals surface area (Å²) in [6.45, 7) is 2.37. The highest BCUT2D eigenvalue weighted by Crippen LogP contribution is 2.30. The Labute approximate surface area is 154 Å². The number of carbonyl (C=O) groups is 1. The number of amides is 1. The predicted octanol–water partition coefficient (Wildman–Crippen LogP) is 4.48. The van der Waals surface area contributed by atoms with Crippen LogP contribution in [0.5, 0.6) is 0 Å². The van der Waals surface area contributed by atoms with E-state index >= 15 is 0 Å². The van der Waals surface area contributed by atoms with Crippen molar-refractivity contribution in [1.82, 2.24) is 9.80 Å². The van der Waals surface area contributed by atoms with Gasteiger partial charge in [-0.15, -0.1) is 0 Å². The van der Waals surface area contributed by atoms with Crippen LogP contribution in [0.1, 0.15) is 37.7 Å². The molecule has 0 aromatic heterocycles. The predicted molar refractivity (Wildman–Crippen MR) is 101 cm³/mol. The SMILES string of the molecule is CN(C(=O)/C=C/c1ccc(Cl)c(Cl)c1)C1CCCC1N1CCCC1. The number of likely N-dealkylation sites (tertiary alicyclic amines) is 1. The average molecular weight is 367 g/mol. The molecule has 0 N–H and O–H groups in total. The molecule has 1 amide bonds. The summed E-state index contributed by atoms with van der Waals surface area (Å²) in [4.78, 5) is 17.1. The zero-order valence-corrected chi connectivity index (χ0v) is 15.6. The van der Waals surface area contributed by atoms with E-state index in [1.54, 1.807) is 24.3 Å². The van der Waals surface area contributed by atoms with E-state index in [1.165, 1.54) is 38.8 Å². The lowest BCUT2D eigenvalue weighted by Crippen LogP contribution is -2.48. The van der Waals surface area contributed by atoms with Crippen LogP contribution in [0.15, 0.2) is 24.3 Å². The number of hydrogen-bond acceptors (Lipinski definition) is 2. The second-order valence-corrected chi connectivity index (χ2v) is 7.58. The summed E-state index contributed by atoms with van der Waals surface area (Å²) in [6, 6.07) is 6.24. The summed E-state index contributed by atoms with van der Waals surface area (Å²) < 4.78 is 0. The van der Waals surface area contributed by atoms with Gasteiger partial charge in [0.05, 0.1) is 10.0 Å². The van der Waals surface area contributed by atoms with Gasteiger partial charge in [0.1, 0.15) is 0 Å². The number of halogens is 2. The molecule has 3 rings (SSSR count). The maximum Gasteiger partial charge on any atom is 0.246 e. The molecule has 0 spiro atoms. The Balaban J connectivity index is 1.65. The van der Waals surface area contributed by atoms with E-state index in [0.717, 1.165) is 12.0 Å². The smallest absolute Gasteiger partial charge is 0.246 e. The van der Waals surface area contributed by atoms with E-state index in [0.29, 0.717) is 22.1 Å². The first-order chi connectivity index (χ1) is 11.6. The lowest BCUT2D eigenvalue weighted by molar-refractivity contribution is -0.127. The van der Waals surface area contributed by atoms with E-state index in [9.17, 15) is 4.79 Å². The Morgan fingerprint density at radius 3 is 2.62 bits per heavy atom. The number of benzene rings is 1. The second-order valence-electron chi connectivity index (χ2n) is 6.76. The summed E-state index contributed by atoms with van der Waals surface area (Å²) in [5, 5.41) is 1.03. The molecular weight excluding hydrogens is 343 g/mol. The van der Waals surface area contributed by atoms with E-state index in [2.05, 4.69) is 4.90 Å². The Hall–Kier alpha value is -1.03. The highest BCUT2D eigenvalue weighted by atomic mass is 35.5. The van der Waals surface area contributed by atoms with Crippen molar-refractivity contribution in [2.45, 2.75) is 44.2 Å². The van der Waals surface area contributed by atoms with Gasteiger partial charge >= 0.3 is 0 Å². The quantitative estimate of drug-likeness (QED) is 0.733. The highest BCUT2D eigenvalue weighted by Gasteiger charge is 2.36. The Kier molecular flexibility index (Phi) is 5.85. The third-order valence-electron chi connectivity index (χ3n) is 5.26. The van der Waals surface area contributed by atoms with E-state index < -0.39 is 0 Å². The third-order valence-corrected chi connectivity index (χ3v) is 6.00. The van der Waals surface area contributed by atoms with Crippen molar-refractivity contribution in [2.24, 2.45) is 0 Å². The molecule has 2 unspecified atom stereocenters. The van der Waals surface area contributed by atoms with Crippen LogP contribution in [0.4, 0.5) is 0 Å². The van der Waals surface area contributed by atoms with Crippen molar-refractivity contribution in [1.29, 1.82) is 0 Å². The largest absolute Gasteiger partial charge is 0.338 e. The number of hydrogen-bond donors (Lipinski definition) is 0. The molecule has 1 aliphatic heterocycles. The van der Waals surface area contributed by atoms with Crippen LogP contribution in [0.2, 0.25) is 10.0 Å². The van der Waals surface area contributed by atoms with Gasteiger partial charge in [0.25, 0.3) is 0 Å². The van der Waals surface area contributed by atoms with Gasteiger partial charge < -0.3 is 4.90 Å². The van der Waals surface area contributed by atoms with Crippen molar-refractivity contribution in [3.05, 3.63) is 39.9 Å². The van der Waals surface area contributed by atoms with Gasteiger partial charge in [-0.2, -0.15) is 0 Å². The summed E-state index contributed by atoms with van der Waals surface area (Å²) in [7, 11) is 1.93. The van der Waals surface area contributed by atoms with E-state index in [1.807, 2.05) is 18.0 Å². The second kappa shape index (κ2) is 7.90. The summed E-state index contributed by atoms with van der Waals surface area (Å²) >= 11 is 11.9. The Bertz CT molecular complexity index is 626. The van der Waals surface area contributed by atoms with Gasteiger partial charge in [0, 0.05) is 25.2 Å². The molecular formula is C19H24Cl2N2O. The summed E-state index contributed by atoms with van der Waals surface area (Å²) in [5.74, 6) is 0.0529. The minimum Gasteiger partial charge on any atom is -0.338 e. The number of likely N-dealkylation sites (N-methyl/N-ethyl adjacent to an activating group) is 1. The fraction of sp³-hybridized carbons (Fsp3) is 0.526. The molecule has 1 saturated heterocycles. The molecule has 1 aromatic rings. The number of carbonyl (C=O) groups excluding carboxylic acids is 1. The average Bonchev–Trinajstić information content (AvgIpc) is 3.25. The molecule has 5 heteroatoms. The van der Waals surface area contributed by atoms with Crippen molar-refractivity contribution in [3.8, 4) is 0 Å². The minimum atomic E-state index is 0.0529. The molecule has 24 heavy (non-hydrogen) atoms. The first-order valence-electron chi connectivity index (χ1n) is 8.70. The first-order valence-corrected chi connectivity index (χ1v) is 9.46. The van der Waals surface area contributed by atoms with Gasteiger partial charge in [-0.25, -0.2) is 0 Å². The van der Waals surface area contributed by atoms with Crippen molar-refractivity contribution < 1.29 is 4.79 Å². The zero-order chi connectivity index (χ0) is 17.1. The minimum absolute atomic E-state index is 0.0529. The monoisotopic (exact) mass is 366 g/mol. The molecule has 2 aliphatic rings. The zero-order valence-electron chi connectivity index (χ0n) is 14.0. The van der Waals surface area contributed by atoms with Gasteiger partial charge in [0.15, 0.2) is 0 Å². The number of rotatable bonds is 4. The van der Waals surface area contributed by atoms with Gasteiger partial charge in [-0.3, -0.25) is 9.69 Å². The number of nitrogens with zero attached hydrogens (tertiary/aromatic N) is 2. The van der Waals surface area contributed by atoms with Crippen molar-refractivity contribution in [2.75, 3.05) is 20.1 Å². The van der Waals surface area contributed by atoms with Crippen LogP contribution in [0.25, 0.3) is 6.08 Å². The third kappa shape index (κ3) is 3.96. The molecule has 1 aromatic carbocycles. The molecule has 1 heterocycles. The summed E-state index contributed by atoms with van der Waals surface area (Å²) in [6.07, 6.45) is 9.54. The van der Waals surface area contributed by atoms with Crippen molar-refractivity contribution in [3.63, 3.8) is 0 Å². The fourth-order valence-corrected chi connectivity index (χ4v) is 4.24. The standard InChI is InChI=1S/C19H24Cl2N2O/c1-22(17-5-4-6-18(17)23-11-2-3-12-23)19(24)10-8-14-7-9-15(20)16(21)13-14/h7-10,13,17-18H,2-6,11-12H2,1H3/b10-8+. The maximum atomic E-state index is 12.6. The molecule has 130 valence electrons. The van der Waals surface area contributed by atoms with Crippen molar-refractivity contribution >= 4 is 35.2 Å². The van der Waals surface area contributed by atoms with Gasteiger partial charge in [-0.1, -0.05) is 29.3 Å². The lowest BCUT2D eigenvalue weighted by Gasteiger charge is -2.34. The first kappa shape index (κ1) is 17.8. The topological polar surface area (TPSA) is 23.6 Å². The molecule has 0 bridgehead atoms. The van der Waals surface area contributed by atoms with Crippen LogP contribution < -0.4 is 0 Å². The molecule has 2 fully saturated rings. The van der Waals surface area contributed by atoms with Crippen LogP contribution in [0, 0.1) is 0 Å². The Morgan fingerprint density at radius 2 is 1.92 bits per heavy atom. The van der Waals surface area contributed by atoms with Gasteiger partial charge in [-0.05, 0) is 69.0 Å². The van der Waals surface area contributed by atoms with E-state index in [-0.39, 0.29) is 5.91 Å². The lowest BCUT2D eigenvalue weighted by atomic mass is 10.1. The van der Waals surface area contributed by atoms with Crippen LogP contribution >= 0.6 is 23.2 Å². The van der Waals surface area contributed by atoms with Gasteiger partial charge in [0.2, 0.25) is 5.91 Å². The molecule has 1 saturated carbocycles. The molecule has 1 aliphatic carbocycles. The maximum absolute atomic E-state index is 12.6. The Morgan fingerprint density at radius 1 is 1.17 bits per heavy atom. The molecule has 0 radical (unpaired) electrons. The summed E-state index contributed by atoms with van der Waals surface area (Å²) in [5.41, 5.74) is 0.883. The molecule has 2 atom stereocenters. The fourth-order valence-electron chi connectivity index (χ4n) is 3.94. The van der Waals surface area contributed by atoms with Crippen LogP contribution in [-0.2, 0) is 4.79 Å². The highest BCUT2D eigenvalue weighted by molar-refractivity contribution is 6.42. The van der Waals surface area contributed by atoms with Crippen LogP contribution in [0.3, 0.4) is 0 Å². The van der Waals surface area contributed by atoms with E-state index in [4.69, 9.17) is 23.2 Å². The van der Waals surface area contributed by atoms with Crippen LogP contribution in [-0.4, -0.2) is 47.9 Å².